The SMILES string of the molecule is CN(CCc1ccccn1)C(=O)c1ccc(Cl)nc1Cl. The average molecular weight is 310 g/mol. The van der Waals surface area contributed by atoms with Crippen LogP contribution in [0.5, 0.6) is 0 Å². The summed E-state index contributed by atoms with van der Waals surface area (Å²) < 4.78 is 0. The van der Waals surface area contributed by atoms with Crippen LogP contribution in [0, 0.1) is 0 Å². The highest BCUT2D eigenvalue weighted by Gasteiger charge is 2.16. The minimum Gasteiger partial charge on any atom is -0.341 e. The van der Waals surface area contributed by atoms with Crippen molar-refractivity contribution in [3.63, 3.8) is 0 Å². The van der Waals surface area contributed by atoms with Gasteiger partial charge in [0.15, 0.2) is 0 Å². The standard InChI is InChI=1S/C14H13Cl2N3O/c1-19(9-7-10-4-2-3-8-17-10)14(20)11-5-6-12(15)18-13(11)16/h2-6,8H,7,9H2,1H3. The van der Waals surface area contributed by atoms with Gasteiger partial charge in [0.25, 0.3) is 5.91 Å². The Morgan fingerprint density at radius 2 is 2.05 bits per heavy atom. The Kier molecular flexibility index (Phi) is 4.93. The van der Waals surface area contributed by atoms with Crippen molar-refractivity contribution >= 4 is 29.1 Å². The van der Waals surface area contributed by atoms with Crippen LogP contribution in [0.3, 0.4) is 0 Å². The third-order valence-corrected chi connectivity index (χ3v) is 3.32. The second-order valence-corrected chi connectivity index (χ2v) is 5.02. The number of likely N-dealkylation sites (N-methyl/N-ethyl adjacent to an activating group) is 1. The molecule has 1 amide bonds. The zero-order valence-electron chi connectivity index (χ0n) is 10.9. The minimum absolute atomic E-state index is 0.118. The summed E-state index contributed by atoms with van der Waals surface area (Å²) in [6, 6.07) is 8.83. The van der Waals surface area contributed by atoms with Crippen molar-refractivity contribution in [2.75, 3.05) is 13.6 Å². The number of carbonyl (C=O) groups excluding carboxylic acids is 1. The summed E-state index contributed by atoms with van der Waals surface area (Å²) in [5, 5.41) is 0.384. The Labute approximate surface area is 127 Å². The number of amides is 1. The van der Waals surface area contributed by atoms with Crippen molar-refractivity contribution < 1.29 is 4.79 Å². The lowest BCUT2D eigenvalue weighted by Crippen LogP contribution is -2.29. The van der Waals surface area contributed by atoms with Crippen molar-refractivity contribution in [3.8, 4) is 0 Å². The van der Waals surface area contributed by atoms with E-state index in [-0.39, 0.29) is 16.2 Å². The first-order valence-electron chi connectivity index (χ1n) is 6.05. The van der Waals surface area contributed by atoms with E-state index in [0.29, 0.717) is 18.5 Å². The first-order chi connectivity index (χ1) is 9.58. The van der Waals surface area contributed by atoms with E-state index in [1.54, 1.807) is 30.3 Å². The number of nitrogens with zero attached hydrogens (tertiary/aromatic N) is 3. The van der Waals surface area contributed by atoms with E-state index in [1.165, 1.54) is 0 Å². The van der Waals surface area contributed by atoms with Gasteiger partial charge in [0.1, 0.15) is 10.3 Å². The normalized spacial score (nSPS) is 10.3. The van der Waals surface area contributed by atoms with Gasteiger partial charge in [0.2, 0.25) is 0 Å². The van der Waals surface area contributed by atoms with Gasteiger partial charge < -0.3 is 4.90 Å². The maximum Gasteiger partial charge on any atom is 0.256 e. The van der Waals surface area contributed by atoms with E-state index in [9.17, 15) is 4.79 Å². The summed E-state index contributed by atoms with van der Waals surface area (Å²) >= 11 is 11.6. The first-order valence-corrected chi connectivity index (χ1v) is 6.81. The molecule has 0 bridgehead atoms. The van der Waals surface area contributed by atoms with E-state index >= 15 is 0 Å². The number of carbonyl (C=O) groups is 1. The van der Waals surface area contributed by atoms with Gasteiger partial charge in [-0.3, -0.25) is 9.78 Å². The third kappa shape index (κ3) is 3.68. The molecule has 0 saturated carbocycles. The molecule has 0 fully saturated rings. The molecule has 0 radical (unpaired) electrons. The fourth-order valence-electron chi connectivity index (χ4n) is 1.71. The second-order valence-electron chi connectivity index (χ2n) is 4.27. The molecule has 2 heterocycles. The van der Waals surface area contributed by atoms with Crippen LogP contribution < -0.4 is 0 Å². The van der Waals surface area contributed by atoms with Crippen molar-refractivity contribution in [1.29, 1.82) is 0 Å². The van der Waals surface area contributed by atoms with Crippen LogP contribution in [0.1, 0.15) is 16.1 Å². The van der Waals surface area contributed by atoms with Gasteiger partial charge in [-0.25, -0.2) is 4.98 Å². The monoisotopic (exact) mass is 309 g/mol. The lowest BCUT2D eigenvalue weighted by atomic mass is 10.2. The van der Waals surface area contributed by atoms with Crippen LogP contribution >= 0.6 is 23.2 Å². The molecular weight excluding hydrogens is 297 g/mol. The molecule has 0 N–H and O–H groups in total. The fraction of sp³-hybridized carbons (Fsp3) is 0.214. The number of rotatable bonds is 4. The lowest BCUT2D eigenvalue weighted by molar-refractivity contribution is 0.0796. The summed E-state index contributed by atoms with van der Waals surface area (Å²) in [4.78, 5) is 21.9. The maximum atomic E-state index is 12.2. The molecule has 0 spiro atoms. The van der Waals surface area contributed by atoms with Gasteiger partial charge >= 0.3 is 0 Å². The van der Waals surface area contributed by atoms with E-state index in [1.807, 2.05) is 18.2 Å². The molecule has 0 unspecified atom stereocenters. The third-order valence-electron chi connectivity index (χ3n) is 2.82. The van der Waals surface area contributed by atoms with Crippen molar-refractivity contribution in [1.82, 2.24) is 14.9 Å². The van der Waals surface area contributed by atoms with Crippen molar-refractivity contribution in [2.45, 2.75) is 6.42 Å². The summed E-state index contributed by atoms with van der Waals surface area (Å²) in [7, 11) is 1.72. The minimum atomic E-state index is -0.185. The summed E-state index contributed by atoms with van der Waals surface area (Å²) in [6.07, 6.45) is 2.42. The molecule has 104 valence electrons. The Morgan fingerprint density at radius 3 is 2.70 bits per heavy atom. The van der Waals surface area contributed by atoms with Crippen LogP contribution in [0.2, 0.25) is 10.3 Å². The number of pyridine rings is 2. The van der Waals surface area contributed by atoms with Crippen molar-refractivity contribution in [3.05, 3.63) is 58.1 Å². The molecule has 0 saturated heterocycles. The maximum absolute atomic E-state index is 12.2. The molecule has 2 rings (SSSR count). The predicted octanol–water partition coefficient (Wildman–Crippen LogP) is 3.10. The Balaban J connectivity index is 2.01. The largest absolute Gasteiger partial charge is 0.341 e. The van der Waals surface area contributed by atoms with E-state index < -0.39 is 0 Å². The van der Waals surface area contributed by atoms with Gasteiger partial charge in [-0.2, -0.15) is 0 Å². The average Bonchev–Trinajstić information content (AvgIpc) is 2.45. The molecule has 6 heteroatoms. The molecule has 0 aliphatic rings. The molecule has 2 aromatic rings. The van der Waals surface area contributed by atoms with Crippen LogP contribution in [0.4, 0.5) is 0 Å². The van der Waals surface area contributed by atoms with Gasteiger partial charge in [-0.1, -0.05) is 29.3 Å². The molecule has 0 aliphatic carbocycles. The zero-order chi connectivity index (χ0) is 14.5. The van der Waals surface area contributed by atoms with Crippen LogP contribution in [0.25, 0.3) is 0 Å². The molecular formula is C14H13Cl2N3O. The zero-order valence-corrected chi connectivity index (χ0v) is 12.4. The fourth-order valence-corrected chi connectivity index (χ4v) is 2.13. The molecule has 0 aromatic carbocycles. The van der Waals surface area contributed by atoms with E-state index in [0.717, 1.165) is 5.69 Å². The van der Waals surface area contributed by atoms with Crippen LogP contribution in [0.15, 0.2) is 36.5 Å². The Morgan fingerprint density at radius 1 is 1.25 bits per heavy atom. The Hall–Kier alpha value is -1.65. The highest BCUT2D eigenvalue weighted by atomic mass is 35.5. The lowest BCUT2D eigenvalue weighted by Gasteiger charge is -2.17. The highest BCUT2D eigenvalue weighted by Crippen LogP contribution is 2.18. The van der Waals surface area contributed by atoms with Gasteiger partial charge in [-0.05, 0) is 24.3 Å². The molecule has 0 aliphatic heterocycles. The van der Waals surface area contributed by atoms with Crippen LogP contribution in [-0.2, 0) is 6.42 Å². The topological polar surface area (TPSA) is 46.1 Å². The first kappa shape index (κ1) is 14.8. The number of aromatic nitrogens is 2. The smallest absolute Gasteiger partial charge is 0.256 e. The number of hydrogen-bond acceptors (Lipinski definition) is 3. The summed E-state index contributed by atoms with van der Waals surface area (Å²) in [5.41, 5.74) is 1.28. The molecule has 2 aromatic heterocycles. The highest BCUT2D eigenvalue weighted by molar-refractivity contribution is 6.34. The van der Waals surface area contributed by atoms with Gasteiger partial charge in [-0.15, -0.1) is 0 Å². The summed E-state index contributed by atoms with van der Waals surface area (Å²) in [6.45, 7) is 0.550. The predicted molar refractivity (Wildman–Crippen MR) is 79.2 cm³/mol. The molecule has 4 nitrogen and oxygen atoms in total. The molecule has 0 atom stereocenters. The van der Waals surface area contributed by atoms with E-state index in [2.05, 4.69) is 9.97 Å². The summed E-state index contributed by atoms with van der Waals surface area (Å²) in [5.74, 6) is -0.185. The number of halogens is 2. The van der Waals surface area contributed by atoms with Crippen LogP contribution in [-0.4, -0.2) is 34.4 Å². The van der Waals surface area contributed by atoms with Crippen molar-refractivity contribution in [2.24, 2.45) is 0 Å². The molecule has 20 heavy (non-hydrogen) atoms. The van der Waals surface area contributed by atoms with Gasteiger partial charge in [0.05, 0.1) is 5.56 Å². The second kappa shape index (κ2) is 6.68. The Bertz CT molecular complexity index is 605. The quantitative estimate of drug-likeness (QED) is 0.815. The van der Waals surface area contributed by atoms with Gasteiger partial charge in [0, 0.05) is 31.9 Å². The van der Waals surface area contributed by atoms with E-state index in [4.69, 9.17) is 23.2 Å². The number of hydrogen-bond donors (Lipinski definition) is 0.